The molecule has 0 unspecified atom stereocenters. The molecule has 19 heavy (non-hydrogen) atoms. The number of pyridine rings is 1. The van der Waals surface area contributed by atoms with Crippen LogP contribution in [0.3, 0.4) is 0 Å². The average molecular weight is 262 g/mol. The summed E-state index contributed by atoms with van der Waals surface area (Å²) in [7, 11) is 0. The molecular formula is C13H14N2O4. The van der Waals surface area contributed by atoms with Crippen LogP contribution in [-0.2, 0) is 20.9 Å². The third-order valence-electron chi connectivity index (χ3n) is 2.77. The molecule has 1 amide bonds. The number of anilines is 1. The van der Waals surface area contributed by atoms with Gasteiger partial charge < -0.3 is 15.2 Å². The smallest absolute Gasteiger partial charge is 0.328 e. The summed E-state index contributed by atoms with van der Waals surface area (Å²) in [5.74, 6) is -0.837. The summed E-state index contributed by atoms with van der Waals surface area (Å²) in [4.78, 5) is 26.4. The minimum absolute atomic E-state index is 0.239. The second-order valence-electron chi connectivity index (χ2n) is 4.70. The van der Waals surface area contributed by atoms with E-state index in [1.807, 2.05) is 0 Å². The maximum Gasteiger partial charge on any atom is 0.328 e. The van der Waals surface area contributed by atoms with E-state index in [4.69, 9.17) is 9.84 Å². The number of amides is 1. The number of hydrogen-bond donors (Lipinski definition) is 2. The summed E-state index contributed by atoms with van der Waals surface area (Å²) < 4.78 is 5.52. The SMILES string of the molecule is CC1(C)OCc2cc(C=CC(=O)O)cnc2NC1=O. The zero-order valence-electron chi connectivity index (χ0n) is 10.6. The number of nitrogens with one attached hydrogen (secondary N) is 1. The highest BCUT2D eigenvalue weighted by atomic mass is 16.5. The molecule has 1 aromatic heterocycles. The number of aliphatic carboxylic acids is 1. The van der Waals surface area contributed by atoms with Crippen molar-refractivity contribution < 1.29 is 19.4 Å². The minimum atomic E-state index is -1.03. The number of carboxylic acid groups (broad SMARTS) is 1. The number of carbonyl (C=O) groups is 2. The van der Waals surface area contributed by atoms with Crippen LogP contribution in [0.4, 0.5) is 5.82 Å². The molecule has 1 aromatic rings. The second kappa shape index (κ2) is 4.81. The Kier molecular flexibility index (Phi) is 3.35. The first-order valence-corrected chi connectivity index (χ1v) is 5.74. The minimum Gasteiger partial charge on any atom is -0.478 e. The Morgan fingerprint density at radius 3 is 3.00 bits per heavy atom. The first kappa shape index (κ1) is 13.2. The number of carbonyl (C=O) groups excluding carboxylic acids is 1. The van der Waals surface area contributed by atoms with Crippen molar-refractivity contribution in [3.8, 4) is 0 Å². The molecule has 0 aromatic carbocycles. The molecule has 1 aliphatic rings. The number of aromatic nitrogens is 1. The van der Waals surface area contributed by atoms with Crippen molar-refractivity contribution in [2.45, 2.75) is 26.1 Å². The third kappa shape index (κ3) is 2.97. The highest BCUT2D eigenvalue weighted by Crippen LogP contribution is 2.25. The quantitative estimate of drug-likeness (QED) is 0.787. The fraction of sp³-hybridized carbons (Fsp3) is 0.308. The molecule has 6 nitrogen and oxygen atoms in total. The molecule has 2 heterocycles. The van der Waals surface area contributed by atoms with Crippen LogP contribution in [-0.4, -0.2) is 27.6 Å². The van der Waals surface area contributed by atoms with Gasteiger partial charge in [0.05, 0.1) is 6.61 Å². The molecule has 6 heteroatoms. The molecule has 0 radical (unpaired) electrons. The lowest BCUT2D eigenvalue weighted by Crippen LogP contribution is -2.38. The molecule has 0 spiro atoms. The lowest BCUT2D eigenvalue weighted by atomic mass is 10.1. The molecule has 0 atom stereocenters. The Morgan fingerprint density at radius 1 is 1.58 bits per heavy atom. The van der Waals surface area contributed by atoms with E-state index >= 15 is 0 Å². The molecule has 0 saturated carbocycles. The lowest BCUT2D eigenvalue weighted by molar-refractivity contribution is -0.137. The van der Waals surface area contributed by atoms with Crippen molar-refractivity contribution in [2.75, 3.05) is 5.32 Å². The molecule has 0 saturated heterocycles. The zero-order valence-corrected chi connectivity index (χ0v) is 10.6. The number of carboxylic acids is 1. The van der Waals surface area contributed by atoms with Crippen LogP contribution in [0.15, 0.2) is 18.3 Å². The summed E-state index contributed by atoms with van der Waals surface area (Å²) >= 11 is 0. The van der Waals surface area contributed by atoms with Crippen LogP contribution in [0.25, 0.3) is 6.08 Å². The molecule has 2 rings (SSSR count). The standard InChI is InChI=1S/C13H14N2O4/c1-13(2)12(18)15-11-9(7-19-13)5-8(6-14-11)3-4-10(16)17/h3-6H,7H2,1-2H3,(H,16,17)(H,14,15,18). The summed E-state index contributed by atoms with van der Waals surface area (Å²) in [5.41, 5.74) is 0.433. The Bertz CT molecular complexity index is 564. The largest absolute Gasteiger partial charge is 0.478 e. The molecule has 0 bridgehead atoms. The van der Waals surface area contributed by atoms with E-state index in [0.717, 1.165) is 6.08 Å². The maximum absolute atomic E-state index is 11.8. The normalized spacial score (nSPS) is 17.7. The van der Waals surface area contributed by atoms with Gasteiger partial charge in [-0.15, -0.1) is 0 Å². The second-order valence-corrected chi connectivity index (χ2v) is 4.70. The van der Waals surface area contributed by atoms with Crippen molar-refractivity contribution in [3.05, 3.63) is 29.5 Å². The number of nitrogens with zero attached hydrogens (tertiary/aromatic N) is 1. The van der Waals surface area contributed by atoms with E-state index in [2.05, 4.69) is 10.3 Å². The first-order chi connectivity index (χ1) is 8.88. The molecule has 0 aliphatic carbocycles. The molecule has 2 N–H and O–H groups in total. The number of fused-ring (bicyclic) bond motifs is 1. The molecule has 100 valence electrons. The van der Waals surface area contributed by atoms with Crippen LogP contribution >= 0.6 is 0 Å². The Labute approximate surface area is 110 Å². The van der Waals surface area contributed by atoms with Gasteiger partial charge in [0.15, 0.2) is 0 Å². The average Bonchev–Trinajstić information content (AvgIpc) is 2.45. The van der Waals surface area contributed by atoms with Crippen LogP contribution in [0.2, 0.25) is 0 Å². The van der Waals surface area contributed by atoms with Crippen LogP contribution in [0, 0.1) is 0 Å². The highest BCUT2D eigenvalue weighted by Gasteiger charge is 2.32. The van der Waals surface area contributed by atoms with E-state index in [1.165, 1.54) is 12.3 Å². The van der Waals surface area contributed by atoms with Gasteiger partial charge in [-0.2, -0.15) is 0 Å². The van der Waals surface area contributed by atoms with Gasteiger partial charge in [-0.25, -0.2) is 9.78 Å². The van der Waals surface area contributed by atoms with Crippen molar-refractivity contribution in [1.29, 1.82) is 0 Å². The van der Waals surface area contributed by atoms with Crippen molar-refractivity contribution in [1.82, 2.24) is 4.98 Å². The van der Waals surface area contributed by atoms with Crippen LogP contribution in [0.5, 0.6) is 0 Å². The third-order valence-corrected chi connectivity index (χ3v) is 2.77. The summed E-state index contributed by atoms with van der Waals surface area (Å²) in [6.07, 6.45) is 3.97. The lowest BCUT2D eigenvalue weighted by Gasteiger charge is -2.19. The number of rotatable bonds is 2. The Morgan fingerprint density at radius 2 is 2.32 bits per heavy atom. The maximum atomic E-state index is 11.8. The van der Waals surface area contributed by atoms with E-state index in [-0.39, 0.29) is 12.5 Å². The Balaban J connectivity index is 2.30. The van der Waals surface area contributed by atoms with Gasteiger partial charge in [0.25, 0.3) is 5.91 Å². The zero-order chi connectivity index (χ0) is 14.0. The highest BCUT2D eigenvalue weighted by molar-refractivity contribution is 5.97. The fourth-order valence-corrected chi connectivity index (χ4v) is 1.59. The fourth-order valence-electron chi connectivity index (χ4n) is 1.59. The monoisotopic (exact) mass is 262 g/mol. The predicted molar refractivity (Wildman–Crippen MR) is 68.4 cm³/mol. The van der Waals surface area contributed by atoms with Gasteiger partial charge >= 0.3 is 5.97 Å². The molecular weight excluding hydrogens is 248 g/mol. The first-order valence-electron chi connectivity index (χ1n) is 5.74. The van der Waals surface area contributed by atoms with Gasteiger partial charge in [0.1, 0.15) is 11.4 Å². The van der Waals surface area contributed by atoms with E-state index in [9.17, 15) is 9.59 Å². The summed E-state index contributed by atoms with van der Waals surface area (Å²) in [5, 5.41) is 11.3. The van der Waals surface area contributed by atoms with E-state index in [0.29, 0.717) is 16.9 Å². The van der Waals surface area contributed by atoms with Gasteiger partial charge in [0.2, 0.25) is 0 Å². The van der Waals surface area contributed by atoms with E-state index in [1.54, 1.807) is 19.9 Å². The topological polar surface area (TPSA) is 88.5 Å². The van der Waals surface area contributed by atoms with Crippen molar-refractivity contribution in [3.63, 3.8) is 0 Å². The summed E-state index contributed by atoms with van der Waals surface area (Å²) in [6.45, 7) is 3.60. The van der Waals surface area contributed by atoms with Gasteiger partial charge in [0, 0.05) is 17.8 Å². The van der Waals surface area contributed by atoms with Crippen LogP contribution < -0.4 is 5.32 Å². The molecule has 0 fully saturated rings. The van der Waals surface area contributed by atoms with Gasteiger partial charge in [-0.05, 0) is 31.6 Å². The van der Waals surface area contributed by atoms with Gasteiger partial charge in [-0.3, -0.25) is 4.79 Å². The number of hydrogen-bond acceptors (Lipinski definition) is 4. The van der Waals surface area contributed by atoms with Gasteiger partial charge in [-0.1, -0.05) is 0 Å². The number of ether oxygens (including phenoxy) is 1. The van der Waals surface area contributed by atoms with Crippen LogP contribution in [0.1, 0.15) is 25.0 Å². The van der Waals surface area contributed by atoms with E-state index < -0.39 is 11.6 Å². The van der Waals surface area contributed by atoms with Crippen molar-refractivity contribution in [2.24, 2.45) is 0 Å². The summed E-state index contributed by atoms with van der Waals surface area (Å²) in [6, 6.07) is 1.74. The predicted octanol–water partition coefficient (Wildman–Crippen LogP) is 1.43. The van der Waals surface area contributed by atoms with Crippen molar-refractivity contribution >= 4 is 23.8 Å². The Hall–Kier alpha value is -2.21. The molecule has 1 aliphatic heterocycles.